The Balaban J connectivity index is 2.27. The first-order valence-electron chi connectivity index (χ1n) is 6.63. The van der Waals surface area contributed by atoms with E-state index in [1.807, 2.05) is 18.2 Å². The molecule has 114 valence electrons. The van der Waals surface area contributed by atoms with Crippen LogP contribution in [0.3, 0.4) is 0 Å². The molecule has 0 aliphatic heterocycles. The van der Waals surface area contributed by atoms with Crippen LogP contribution in [-0.2, 0) is 0 Å². The number of hydrogen-bond donors (Lipinski definition) is 1. The van der Waals surface area contributed by atoms with Crippen molar-refractivity contribution < 1.29 is 13.5 Å². The number of ether oxygens (including phenoxy) is 1. The number of nitrogens with one attached hydrogen (secondary N) is 1. The van der Waals surface area contributed by atoms with Crippen LogP contribution in [-0.4, -0.2) is 13.2 Å². The first-order valence-corrected chi connectivity index (χ1v) is 8.24. The van der Waals surface area contributed by atoms with Gasteiger partial charge in [0.25, 0.3) is 0 Å². The lowest BCUT2D eigenvalue weighted by atomic mass is 10.0. The fourth-order valence-corrected chi connectivity index (χ4v) is 3.55. The van der Waals surface area contributed by atoms with Gasteiger partial charge < -0.3 is 10.1 Å². The molecule has 0 radical (unpaired) electrons. The smallest absolute Gasteiger partial charge is 0.387 e. The molecule has 0 fully saturated rings. The molecule has 1 aromatic carbocycles. The largest absolute Gasteiger partial charge is 0.435 e. The maximum Gasteiger partial charge on any atom is 0.387 e. The van der Waals surface area contributed by atoms with Crippen LogP contribution in [0, 0.1) is 0 Å². The molecule has 0 amide bonds. The fourth-order valence-electron chi connectivity index (χ4n) is 2.03. The highest BCUT2D eigenvalue weighted by molar-refractivity contribution is 9.11. The van der Waals surface area contributed by atoms with Crippen molar-refractivity contribution in [1.82, 2.24) is 5.32 Å². The quantitative estimate of drug-likeness (QED) is 0.717. The summed E-state index contributed by atoms with van der Waals surface area (Å²) in [5.41, 5.74) is 0.913. The van der Waals surface area contributed by atoms with Gasteiger partial charge in [-0.3, -0.25) is 0 Å². The molecule has 1 N–H and O–H groups in total. The topological polar surface area (TPSA) is 21.3 Å². The Hall–Kier alpha value is -0.980. The van der Waals surface area contributed by atoms with Gasteiger partial charge in [0.1, 0.15) is 5.75 Å². The van der Waals surface area contributed by atoms with Crippen LogP contribution in [0.5, 0.6) is 5.75 Å². The molecule has 1 heterocycles. The summed E-state index contributed by atoms with van der Waals surface area (Å²) in [6.07, 6.45) is 0.996. The van der Waals surface area contributed by atoms with Gasteiger partial charge >= 0.3 is 6.61 Å². The zero-order valence-corrected chi connectivity index (χ0v) is 13.9. The highest BCUT2D eigenvalue weighted by atomic mass is 79.9. The lowest BCUT2D eigenvalue weighted by molar-refractivity contribution is -0.0498. The number of alkyl halides is 2. The van der Waals surface area contributed by atoms with Crippen molar-refractivity contribution in [2.75, 3.05) is 6.54 Å². The van der Waals surface area contributed by atoms with E-state index in [0.717, 1.165) is 27.2 Å². The molecule has 2 rings (SSSR count). The van der Waals surface area contributed by atoms with E-state index in [1.54, 1.807) is 23.5 Å². The van der Waals surface area contributed by atoms with E-state index in [-0.39, 0.29) is 11.8 Å². The number of rotatable bonds is 7. The van der Waals surface area contributed by atoms with Crippen molar-refractivity contribution in [3.63, 3.8) is 0 Å². The van der Waals surface area contributed by atoms with Gasteiger partial charge in [-0.15, -0.1) is 11.3 Å². The second-order valence-corrected chi connectivity index (χ2v) is 6.97. The molecule has 21 heavy (non-hydrogen) atoms. The Morgan fingerprint density at radius 2 is 2.10 bits per heavy atom. The van der Waals surface area contributed by atoms with Crippen LogP contribution in [0.1, 0.15) is 29.8 Å². The lowest BCUT2D eigenvalue weighted by Crippen LogP contribution is -2.22. The summed E-state index contributed by atoms with van der Waals surface area (Å²) >= 11 is 5.08. The Kier molecular flexibility index (Phi) is 6.14. The van der Waals surface area contributed by atoms with E-state index in [9.17, 15) is 8.78 Å². The molecule has 2 aromatic rings. The van der Waals surface area contributed by atoms with Gasteiger partial charge in [0, 0.05) is 4.88 Å². The van der Waals surface area contributed by atoms with Crippen LogP contribution in [0.25, 0.3) is 0 Å². The lowest BCUT2D eigenvalue weighted by Gasteiger charge is -2.18. The second-order valence-electron chi connectivity index (χ2n) is 4.48. The van der Waals surface area contributed by atoms with E-state index in [1.165, 1.54) is 6.07 Å². The Bertz CT molecular complexity index is 576. The number of halogens is 3. The molecular formula is C15H16BrF2NOS. The molecule has 2 nitrogen and oxygen atoms in total. The van der Waals surface area contributed by atoms with Crippen molar-refractivity contribution >= 4 is 27.3 Å². The average molecular weight is 376 g/mol. The van der Waals surface area contributed by atoms with Crippen LogP contribution < -0.4 is 10.1 Å². The SMILES string of the molecule is CCCNC(c1cccc(OC(F)F)c1)c1ccc(Br)s1. The van der Waals surface area contributed by atoms with Crippen LogP contribution in [0.4, 0.5) is 8.78 Å². The van der Waals surface area contributed by atoms with Crippen LogP contribution >= 0.6 is 27.3 Å². The Labute approximate surface area is 135 Å². The highest BCUT2D eigenvalue weighted by Gasteiger charge is 2.16. The van der Waals surface area contributed by atoms with E-state index in [2.05, 4.69) is 32.9 Å². The Morgan fingerprint density at radius 1 is 1.29 bits per heavy atom. The van der Waals surface area contributed by atoms with Gasteiger partial charge in [0.2, 0.25) is 0 Å². The first-order chi connectivity index (χ1) is 10.1. The maximum atomic E-state index is 12.3. The van der Waals surface area contributed by atoms with E-state index in [4.69, 9.17) is 0 Å². The minimum atomic E-state index is -2.81. The van der Waals surface area contributed by atoms with Crippen LogP contribution in [0.15, 0.2) is 40.2 Å². The molecule has 0 aliphatic rings. The van der Waals surface area contributed by atoms with Gasteiger partial charge in [0.15, 0.2) is 0 Å². The molecule has 6 heteroatoms. The summed E-state index contributed by atoms with van der Waals surface area (Å²) in [5, 5.41) is 3.44. The number of hydrogen-bond acceptors (Lipinski definition) is 3. The molecule has 0 saturated heterocycles. The normalized spacial score (nSPS) is 12.6. The summed E-state index contributed by atoms with van der Waals surface area (Å²) < 4.78 is 30.2. The third-order valence-electron chi connectivity index (χ3n) is 2.89. The standard InChI is InChI=1S/C15H16BrF2NOS/c1-2-8-19-14(12-6-7-13(16)21-12)10-4-3-5-11(9-10)20-15(17)18/h3-7,9,14-15,19H,2,8H2,1H3. The molecule has 1 aromatic heterocycles. The van der Waals surface area contributed by atoms with Crippen molar-refractivity contribution in [3.8, 4) is 5.75 Å². The fraction of sp³-hybridized carbons (Fsp3) is 0.333. The van der Waals surface area contributed by atoms with Crippen LogP contribution in [0.2, 0.25) is 0 Å². The maximum absolute atomic E-state index is 12.3. The number of thiophene rings is 1. The average Bonchev–Trinajstić information content (AvgIpc) is 2.85. The summed E-state index contributed by atoms with van der Waals surface area (Å²) in [5.74, 6) is 0.182. The zero-order chi connectivity index (χ0) is 15.2. The van der Waals surface area contributed by atoms with Crippen molar-refractivity contribution in [2.45, 2.75) is 26.0 Å². The third-order valence-corrected chi connectivity index (χ3v) is 4.58. The predicted octanol–water partition coefficient (Wildman–Crippen LogP) is 5.20. The first kappa shape index (κ1) is 16.4. The van der Waals surface area contributed by atoms with E-state index >= 15 is 0 Å². The summed E-state index contributed by atoms with van der Waals surface area (Å²) in [6, 6.07) is 10.8. The summed E-state index contributed by atoms with van der Waals surface area (Å²) in [6.45, 7) is 0.128. The molecule has 0 aliphatic carbocycles. The van der Waals surface area contributed by atoms with Gasteiger partial charge in [-0.05, 0) is 58.7 Å². The zero-order valence-electron chi connectivity index (χ0n) is 11.5. The summed E-state index contributed by atoms with van der Waals surface area (Å²) in [7, 11) is 0. The predicted molar refractivity (Wildman–Crippen MR) is 85.2 cm³/mol. The molecule has 0 bridgehead atoms. The van der Waals surface area contributed by atoms with Crippen molar-refractivity contribution in [3.05, 3.63) is 50.6 Å². The van der Waals surface area contributed by atoms with E-state index in [0.29, 0.717) is 0 Å². The Morgan fingerprint density at radius 3 is 2.71 bits per heavy atom. The molecule has 1 unspecified atom stereocenters. The third kappa shape index (κ3) is 4.76. The molecule has 0 spiro atoms. The van der Waals surface area contributed by atoms with Gasteiger partial charge in [0.05, 0.1) is 9.83 Å². The van der Waals surface area contributed by atoms with Gasteiger partial charge in [-0.2, -0.15) is 8.78 Å². The number of benzene rings is 1. The minimum absolute atomic E-state index is 0.0255. The van der Waals surface area contributed by atoms with E-state index < -0.39 is 6.61 Å². The highest BCUT2D eigenvalue weighted by Crippen LogP contribution is 2.32. The molecule has 1 atom stereocenters. The second kappa shape index (κ2) is 7.87. The summed E-state index contributed by atoms with van der Waals surface area (Å²) in [4.78, 5) is 1.13. The monoisotopic (exact) mass is 375 g/mol. The van der Waals surface area contributed by atoms with Gasteiger partial charge in [-0.25, -0.2) is 0 Å². The minimum Gasteiger partial charge on any atom is -0.435 e. The molecule has 0 saturated carbocycles. The molecular weight excluding hydrogens is 360 g/mol. The van der Waals surface area contributed by atoms with Gasteiger partial charge in [-0.1, -0.05) is 19.1 Å². The van der Waals surface area contributed by atoms with Crippen molar-refractivity contribution in [2.24, 2.45) is 0 Å². The van der Waals surface area contributed by atoms with Crippen molar-refractivity contribution in [1.29, 1.82) is 0 Å².